The van der Waals surface area contributed by atoms with Crippen molar-refractivity contribution in [2.75, 3.05) is 26.3 Å². The Morgan fingerprint density at radius 1 is 0.826 bits per heavy atom. The monoisotopic (exact) mass is 677 g/mol. The van der Waals surface area contributed by atoms with Gasteiger partial charge in [0, 0.05) is 54.3 Å². The zero-order chi connectivity index (χ0) is 33.9. The highest BCUT2D eigenvalue weighted by Crippen LogP contribution is 2.50. The summed E-state index contributed by atoms with van der Waals surface area (Å²) in [5.74, 6) is 2.24. The first kappa shape index (κ1) is 37.8. The average molecular weight is 678 g/mol. The Labute approximate surface area is 270 Å². The summed E-state index contributed by atoms with van der Waals surface area (Å²) in [5.41, 5.74) is 0. The molecule has 0 spiro atoms. The van der Waals surface area contributed by atoms with Gasteiger partial charge in [-0.15, -0.1) is 11.8 Å². The van der Waals surface area contributed by atoms with Gasteiger partial charge in [-0.05, 0) is 45.4 Å². The molecule has 0 amide bonds. The number of carbonyl (C=O) groups excluding carboxylic acids is 2. The molecule has 7 unspecified atom stereocenters. The number of hydrogen-bond donors (Lipinski definition) is 3. The van der Waals surface area contributed by atoms with Crippen molar-refractivity contribution in [2.24, 2.45) is 29.6 Å². The van der Waals surface area contributed by atoms with Crippen molar-refractivity contribution < 1.29 is 45.4 Å². The molecule has 14 heteroatoms. The zero-order valence-corrected chi connectivity index (χ0v) is 26.5. The van der Waals surface area contributed by atoms with Crippen LogP contribution in [0.4, 0.5) is 26.3 Å². The van der Waals surface area contributed by atoms with Gasteiger partial charge >= 0.3 is 24.3 Å². The molecule has 0 radical (unpaired) electrons. The van der Waals surface area contributed by atoms with Crippen LogP contribution in [0, 0.1) is 53.3 Å². The van der Waals surface area contributed by atoms with Crippen LogP contribution in [0.3, 0.4) is 0 Å². The molecular weight excluding hydrogens is 636 g/mol. The molecule has 1 saturated carbocycles. The molecule has 46 heavy (non-hydrogen) atoms. The van der Waals surface area contributed by atoms with Gasteiger partial charge in [-0.2, -0.15) is 26.3 Å². The largest absolute Gasteiger partial charge is 0.463 e. The van der Waals surface area contributed by atoms with Gasteiger partial charge in [0.1, 0.15) is 5.37 Å². The predicted molar refractivity (Wildman–Crippen MR) is 163 cm³/mol. The summed E-state index contributed by atoms with van der Waals surface area (Å²) in [7, 11) is 0. The second kappa shape index (κ2) is 17.5. The Balaban J connectivity index is 1.60. The van der Waals surface area contributed by atoms with E-state index in [1.165, 1.54) is 11.8 Å². The van der Waals surface area contributed by atoms with E-state index in [4.69, 9.17) is 9.47 Å². The molecule has 2 heterocycles. The summed E-state index contributed by atoms with van der Waals surface area (Å²) in [6.07, 6.45) is -6.33. The van der Waals surface area contributed by atoms with Crippen molar-refractivity contribution >= 4 is 23.7 Å². The third-order valence-electron chi connectivity index (χ3n) is 8.32. The minimum absolute atomic E-state index is 0.0442. The van der Waals surface area contributed by atoms with E-state index in [1.54, 1.807) is 0 Å². The number of thioether (sulfide) groups is 1. The molecule has 2 saturated heterocycles. The van der Waals surface area contributed by atoms with E-state index < -0.39 is 66.2 Å². The maximum atomic E-state index is 14.2. The van der Waals surface area contributed by atoms with Crippen LogP contribution in [0.15, 0.2) is 25.3 Å². The molecule has 3 aliphatic rings. The van der Waals surface area contributed by atoms with Gasteiger partial charge < -0.3 is 20.1 Å². The minimum Gasteiger partial charge on any atom is -0.463 e. The van der Waals surface area contributed by atoms with Crippen LogP contribution in [0.25, 0.3) is 0 Å². The van der Waals surface area contributed by atoms with Crippen LogP contribution in [-0.4, -0.2) is 73.4 Å². The molecule has 3 rings (SSSR count). The Hall–Kier alpha value is -2.65. The van der Waals surface area contributed by atoms with Crippen molar-refractivity contribution in [3.63, 3.8) is 0 Å². The lowest BCUT2D eigenvalue weighted by atomic mass is 9.68. The number of hydrogen-bond acceptors (Lipinski definition) is 8. The fraction of sp³-hybridized carbons (Fsp3) is 0.688. The molecule has 0 aromatic heterocycles. The van der Waals surface area contributed by atoms with Gasteiger partial charge in [-0.1, -0.05) is 36.8 Å². The van der Waals surface area contributed by atoms with Gasteiger partial charge in [0.25, 0.3) is 0 Å². The molecule has 3 fully saturated rings. The van der Waals surface area contributed by atoms with Crippen molar-refractivity contribution in [1.29, 1.82) is 0 Å². The average Bonchev–Trinajstić information content (AvgIpc) is 3.36. The second-order valence-corrected chi connectivity index (χ2v) is 13.0. The SMILES string of the molecule is C=CC(=O)OCCCCC1NCC(C#CC2CC(C(F)(F)F)C(C#CC3NC(C)C(CCOC(=O)C=C)S3)CC2C(F)(F)F)CN1. The quantitative estimate of drug-likeness (QED) is 0.0986. The molecule has 7 nitrogen and oxygen atoms in total. The van der Waals surface area contributed by atoms with Crippen molar-refractivity contribution in [2.45, 2.75) is 80.6 Å². The molecule has 256 valence electrons. The lowest BCUT2D eigenvalue weighted by Crippen LogP contribution is -2.52. The first-order valence-electron chi connectivity index (χ1n) is 15.3. The Kier molecular flexibility index (Phi) is 14.4. The van der Waals surface area contributed by atoms with Crippen LogP contribution in [-0.2, 0) is 19.1 Å². The third-order valence-corrected chi connectivity index (χ3v) is 9.84. The Bertz CT molecular complexity index is 1180. The smallest absolute Gasteiger partial charge is 0.393 e. The second-order valence-electron chi connectivity index (χ2n) is 11.7. The normalized spacial score (nSPS) is 31.4. The molecular formula is C32H41F6N3O4S. The number of rotatable bonds is 10. The van der Waals surface area contributed by atoms with Crippen LogP contribution >= 0.6 is 11.8 Å². The van der Waals surface area contributed by atoms with Gasteiger partial charge in [0.05, 0.1) is 31.2 Å². The van der Waals surface area contributed by atoms with Gasteiger partial charge in [-0.25, -0.2) is 9.59 Å². The summed E-state index contributed by atoms with van der Waals surface area (Å²) < 4.78 is 95.0. The Morgan fingerprint density at radius 2 is 1.37 bits per heavy atom. The van der Waals surface area contributed by atoms with Crippen molar-refractivity contribution in [1.82, 2.24) is 16.0 Å². The maximum Gasteiger partial charge on any atom is 0.393 e. The van der Waals surface area contributed by atoms with Crippen LogP contribution in [0.1, 0.15) is 45.4 Å². The maximum absolute atomic E-state index is 14.2. The van der Waals surface area contributed by atoms with Crippen molar-refractivity contribution in [3.8, 4) is 23.7 Å². The summed E-state index contributed by atoms with van der Waals surface area (Å²) in [5, 5.41) is 9.00. The zero-order valence-electron chi connectivity index (χ0n) is 25.6. The predicted octanol–water partition coefficient (Wildman–Crippen LogP) is 4.95. The number of carbonyl (C=O) groups is 2. The fourth-order valence-electron chi connectivity index (χ4n) is 5.76. The van der Waals surface area contributed by atoms with Gasteiger partial charge in [-0.3, -0.25) is 5.32 Å². The molecule has 7 atom stereocenters. The molecule has 0 bridgehead atoms. The summed E-state index contributed by atoms with van der Waals surface area (Å²) in [6, 6.07) is -0.0907. The van der Waals surface area contributed by atoms with Crippen LogP contribution < -0.4 is 16.0 Å². The molecule has 2 aliphatic heterocycles. The number of ether oxygens (including phenoxy) is 2. The van der Waals surface area contributed by atoms with E-state index in [2.05, 4.69) is 52.8 Å². The lowest BCUT2D eigenvalue weighted by Gasteiger charge is -2.39. The first-order valence-corrected chi connectivity index (χ1v) is 16.3. The first-order chi connectivity index (χ1) is 21.7. The highest BCUT2D eigenvalue weighted by molar-refractivity contribution is 8.01. The summed E-state index contributed by atoms with van der Waals surface area (Å²) in [4.78, 5) is 22.3. The highest BCUT2D eigenvalue weighted by atomic mass is 32.2. The van der Waals surface area contributed by atoms with E-state index in [9.17, 15) is 35.9 Å². The number of alkyl halides is 6. The fourth-order valence-corrected chi connectivity index (χ4v) is 7.09. The molecule has 0 aromatic carbocycles. The number of nitrogens with one attached hydrogen (secondary N) is 3. The number of esters is 2. The van der Waals surface area contributed by atoms with Gasteiger partial charge in [0.2, 0.25) is 0 Å². The van der Waals surface area contributed by atoms with E-state index >= 15 is 0 Å². The number of halogens is 6. The summed E-state index contributed by atoms with van der Waals surface area (Å²) in [6.45, 7) is 9.68. The van der Waals surface area contributed by atoms with Gasteiger partial charge in [0.15, 0.2) is 0 Å². The van der Waals surface area contributed by atoms with Crippen molar-refractivity contribution in [3.05, 3.63) is 25.3 Å². The number of unbranched alkanes of at least 4 members (excludes halogenated alkanes) is 1. The standard InChI is InChI=1S/C32H41F6N3O4S/c1-4-29(42)44-14-7-6-8-27-39-18-21(19-40-27)9-10-22-16-25(32(36,37)38)23(17-24(22)31(33,34)35)11-12-28-41-20(3)26(46-28)13-15-45-30(43)5-2/h4-5,20-28,39-41H,1-2,6-8,13-19H2,3H3. The minimum atomic E-state index is -4.73. The van der Waals surface area contributed by atoms with E-state index in [0.29, 0.717) is 25.9 Å². The molecule has 1 aliphatic carbocycles. The molecule has 0 aromatic rings. The molecule has 3 N–H and O–H groups in total. The Morgan fingerprint density at radius 3 is 1.91 bits per heavy atom. The van der Waals surface area contributed by atoms with Crippen LogP contribution in [0.2, 0.25) is 0 Å². The lowest BCUT2D eigenvalue weighted by molar-refractivity contribution is -0.230. The van der Waals surface area contributed by atoms with E-state index in [-0.39, 0.29) is 36.6 Å². The topological polar surface area (TPSA) is 88.7 Å². The third kappa shape index (κ3) is 11.9. The highest BCUT2D eigenvalue weighted by Gasteiger charge is 2.56. The van der Waals surface area contributed by atoms with E-state index in [0.717, 1.165) is 25.0 Å². The summed E-state index contributed by atoms with van der Waals surface area (Å²) >= 11 is 1.35. The van der Waals surface area contributed by atoms with E-state index in [1.807, 2.05) is 6.92 Å². The van der Waals surface area contributed by atoms with Crippen LogP contribution in [0.5, 0.6) is 0 Å².